The molecule has 2 unspecified atom stereocenters. The Labute approximate surface area is 121 Å². The third kappa shape index (κ3) is 3.83. The molecule has 3 N–H and O–H groups in total. The number of hydrogen-bond donors (Lipinski definition) is 2. The zero-order chi connectivity index (χ0) is 14.4. The first-order valence-corrected chi connectivity index (χ1v) is 7.84. The maximum Gasteiger partial charge on any atom is 0.227 e. The van der Waals surface area contributed by atoms with E-state index < -0.39 is 0 Å². The van der Waals surface area contributed by atoms with E-state index in [1.807, 2.05) is 12.1 Å². The molecule has 2 rings (SSSR count). The summed E-state index contributed by atoms with van der Waals surface area (Å²) in [5.41, 5.74) is 8.02. The van der Waals surface area contributed by atoms with Gasteiger partial charge in [0.2, 0.25) is 5.91 Å². The molecule has 0 aliphatic heterocycles. The first kappa shape index (κ1) is 15.0. The number of hydrogen-bond acceptors (Lipinski definition) is 2. The second-order valence-electron chi connectivity index (χ2n) is 5.82. The average molecular weight is 274 g/mol. The third-order valence-corrected chi connectivity index (χ3v) is 4.31. The second kappa shape index (κ2) is 7.44. The van der Waals surface area contributed by atoms with Crippen LogP contribution < -0.4 is 11.1 Å². The van der Waals surface area contributed by atoms with Crippen LogP contribution in [0.4, 0.5) is 5.69 Å². The summed E-state index contributed by atoms with van der Waals surface area (Å²) in [6.45, 7) is 2.79. The highest BCUT2D eigenvalue weighted by molar-refractivity contribution is 5.92. The number of benzene rings is 1. The standard InChI is InChI=1S/C17H26N2O/c1-2-5-13-8-10-15(11-9-13)19-17(20)16-7-4-3-6-14(16)12-18/h8-11,14,16H,2-7,12,18H2,1H3,(H,19,20). The number of amides is 1. The van der Waals surface area contributed by atoms with Crippen molar-refractivity contribution in [2.45, 2.75) is 45.4 Å². The van der Waals surface area contributed by atoms with Crippen LogP contribution in [-0.2, 0) is 11.2 Å². The van der Waals surface area contributed by atoms with Crippen LogP contribution in [0.2, 0.25) is 0 Å². The number of carbonyl (C=O) groups is 1. The zero-order valence-electron chi connectivity index (χ0n) is 12.4. The molecule has 1 aliphatic carbocycles. The Balaban J connectivity index is 1.96. The summed E-state index contributed by atoms with van der Waals surface area (Å²) in [6.07, 6.45) is 6.64. The summed E-state index contributed by atoms with van der Waals surface area (Å²) in [5.74, 6) is 0.579. The molecule has 110 valence electrons. The molecule has 0 heterocycles. The Morgan fingerprint density at radius 2 is 1.95 bits per heavy atom. The van der Waals surface area contributed by atoms with Crippen LogP contribution in [0.15, 0.2) is 24.3 Å². The predicted molar refractivity (Wildman–Crippen MR) is 83.6 cm³/mol. The Kier molecular flexibility index (Phi) is 5.60. The Bertz CT molecular complexity index is 427. The average Bonchev–Trinajstić information content (AvgIpc) is 2.49. The Hall–Kier alpha value is -1.35. The lowest BCUT2D eigenvalue weighted by atomic mass is 9.78. The molecule has 0 spiro atoms. The van der Waals surface area contributed by atoms with Crippen molar-refractivity contribution < 1.29 is 4.79 Å². The van der Waals surface area contributed by atoms with E-state index in [2.05, 4.69) is 24.4 Å². The molecule has 0 bridgehead atoms. The molecule has 2 atom stereocenters. The minimum absolute atomic E-state index is 0.0871. The highest BCUT2D eigenvalue weighted by Gasteiger charge is 2.29. The predicted octanol–water partition coefficient (Wildman–Crippen LogP) is 3.34. The van der Waals surface area contributed by atoms with Crippen molar-refractivity contribution >= 4 is 11.6 Å². The summed E-state index contributed by atoms with van der Waals surface area (Å²) >= 11 is 0. The van der Waals surface area contributed by atoms with Crippen LogP contribution in [0.5, 0.6) is 0 Å². The van der Waals surface area contributed by atoms with Crippen LogP contribution in [0.3, 0.4) is 0 Å². The minimum Gasteiger partial charge on any atom is -0.330 e. The van der Waals surface area contributed by atoms with Crippen molar-refractivity contribution in [3.63, 3.8) is 0 Å². The SMILES string of the molecule is CCCc1ccc(NC(=O)C2CCCCC2CN)cc1. The quantitative estimate of drug-likeness (QED) is 0.865. The number of nitrogens with two attached hydrogens (primary N) is 1. The van der Waals surface area contributed by atoms with Crippen LogP contribution in [0, 0.1) is 11.8 Å². The van der Waals surface area contributed by atoms with E-state index in [9.17, 15) is 4.79 Å². The molecule has 3 heteroatoms. The fourth-order valence-corrected chi connectivity index (χ4v) is 3.11. The molecule has 1 aromatic carbocycles. The van der Waals surface area contributed by atoms with Gasteiger partial charge in [-0.1, -0.05) is 38.3 Å². The molecule has 20 heavy (non-hydrogen) atoms. The molecule has 0 radical (unpaired) electrons. The van der Waals surface area contributed by atoms with Crippen molar-refractivity contribution in [2.75, 3.05) is 11.9 Å². The van der Waals surface area contributed by atoms with Crippen molar-refractivity contribution in [3.8, 4) is 0 Å². The van der Waals surface area contributed by atoms with Crippen molar-refractivity contribution in [1.29, 1.82) is 0 Å². The fourth-order valence-electron chi connectivity index (χ4n) is 3.11. The van der Waals surface area contributed by atoms with E-state index in [-0.39, 0.29) is 11.8 Å². The van der Waals surface area contributed by atoms with Crippen LogP contribution in [0.25, 0.3) is 0 Å². The van der Waals surface area contributed by atoms with Gasteiger partial charge in [-0.15, -0.1) is 0 Å². The first-order chi connectivity index (χ1) is 9.74. The minimum atomic E-state index is 0.0871. The number of anilines is 1. The smallest absolute Gasteiger partial charge is 0.227 e. The van der Waals surface area contributed by atoms with Gasteiger partial charge in [-0.3, -0.25) is 4.79 Å². The number of rotatable bonds is 5. The largest absolute Gasteiger partial charge is 0.330 e. The maximum absolute atomic E-state index is 12.4. The van der Waals surface area contributed by atoms with Gasteiger partial charge in [0.05, 0.1) is 0 Å². The van der Waals surface area contributed by atoms with Gasteiger partial charge in [-0.2, -0.15) is 0 Å². The van der Waals surface area contributed by atoms with Crippen molar-refractivity contribution in [1.82, 2.24) is 0 Å². The third-order valence-electron chi connectivity index (χ3n) is 4.31. The zero-order valence-corrected chi connectivity index (χ0v) is 12.4. The summed E-state index contributed by atoms with van der Waals surface area (Å²) < 4.78 is 0. The Morgan fingerprint density at radius 1 is 1.25 bits per heavy atom. The van der Waals surface area contributed by atoms with E-state index in [1.165, 1.54) is 12.0 Å². The highest BCUT2D eigenvalue weighted by Crippen LogP contribution is 2.30. The second-order valence-corrected chi connectivity index (χ2v) is 5.82. The lowest BCUT2D eigenvalue weighted by molar-refractivity contribution is -0.122. The molecule has 0 saturated heterocycles. The summed E-state index contributed by atoms with van der Waals surface area (Å²) in [5, 5.41) is 3.05. The van der Waals surface area contributed by atoms with Gasteiger partial charge in [0.1, 0.15) is 0 Å². The van der Waals surface area contributed by atoms with Gasteiger partial charge >= 0.3 is 0 Å². The van der Waals surface area contributed by atoms with E-state index in [0.717, 1.165) is 37.8 Å². The molecule has 1 fully saturated rings. The molecule has 0 aromatic heterocycles. The number of aryl methyl sites for hydroxylation is 1. The Morgan fingerprint density at radius 3 is 2.60 bits per heavy atom. The molecule has 3 nitrogen and oxygen atoms in total. The van der Waals surface area contributed by atoms with Crippen LogP contribution in [-0.4, -0.2) is 12.5 Å². The molecular weight excluding hydrogens is 248 g/mol. The molecule has 1 saturated carbocycles. The number of nitrogens with one attached hydrogen (secondary N) is 1. The van der Waals surface area contributed by atoms with Crippen molar-refractivity contribution in [2.24, 2.45) is 17.6 Å². The summed E-state index contributed by atoms with van der Waals surface area (Å²) in [7, 11) is 0. The van der Waals surface area contributed by atoms with Gasteiger partial charge in [0.25, 0.3) is 0 Å². The summed E-state index contributed by atoms with van der Waals surface area (Å²) in [4.78, 5) is 12.4. The summed E-state index contributed by atoms with van der Waals surface area (Å²) in [6, 6.07) is 8.20. The van der Waals surface area contributed by atoms with Gasteiger partial charge < -0.3 is 11.1 Å². The fraction of sp³-hybridized carbons (Fsp3) is 0.588. The molecular formula is C17H26N2O. The molecule has 1 amide bonds. The molecule has 1 aliphatic rings. The van der Waals surface area contributed by atoms with Gasteiger partial charge in [0.15, 0.2) is 0 Å². The normalized spacial score (nSPS) is 22.5. The van der Waals surface area contributed by atoms with E-state index >= 15 is 0 Å². The lowest BCUT2D eigenvalue weighted by Crippen LogP contribution is -2.35. The van der Waals surface area contributed by atoms with Crippen LogP contribution >= 0.6 is 0 Å². The van der Waals surface area contributed by atoms with Crippen molar-refractivity contribution in [3.05, 3.63) is 29.8 Å². The van der Waals surface area contributed by atoms with E-state index in [4.69, 9.17) is 5.73 Å². The van der Waals surface area contributed by atoms with Gasteiger partial charge in [-0.05, 0) is 49.4 Å². The van der Waals surface area contributed by atoms with Gasteiger partial charge in [-0.25, -0.2) is 0 Å². The lowest BCUT2D eigenvalue weighted by Gasteiger charge is -2.29. The topological polar surface area (TPSA) is 55.1 Å². The molecule has 1 aromatic rings. The first-order valence-electron chi connectivity index (χ1n) is 7.84. The number of carbonyl (C=O) groups excluding carboxylic acids is 1. The van der Waals surface area contributed by atoms with E-state index in [0.29, 0.717) is 12.5 Å². The van der Waals surface area contributed by atoms with Crippen LogP contribution in [0.1, 0.15) is 44.6 Å². The van der Waals surface area contributed by atoms with E-state index in [1.54, 1.807) is 0 Å². The highest BCUT2D eigenvalue weighted by atomic mass is 16.1. The monoisotopic (exact) mass is 274 g/mol. The van der Waals surface area contributed by atoms with Gasteiger partial charge in [0, 0.05) is 11.6 Å². The maximum atomic E-state index is 12.4.